The van der Waals surface area contributed by atoms with Crippen LogP contribution in [-0.4, -0.2) is 31.0 Å². The monoisotopic (exact) mass is 283 g/mol. The van der Waals surface area contributed by atoms with E-state index < -0.39 is 11.9 Å². The van der Waals surface area contributed by atoms with Gasteiger partial charge >= 0.3 is 6.03 Å². The maximum absolute atomic E-state index is 12.3. The number of nitrogens with zero attached hydrogens (tertiary/aromatic N) is 2. The number of hydrogen-bond acceptors (Lipinski definition) is 3. The lowest BCUT2D eigenvalue weighted by atomic mass is 10.2. The number of carbonyl (C=O) groups excluding carboxylic acids is 2. The van der Waals surface area contributed by atoms with Crippen molar-refractivity contribution in [2.75, 3.05) is 19.1 Å². The van der Waals surface area contributed by atoms with Crippen molar-refractivity contribution in [2.45, 2.75) is 0 Å². The Labute approximate surface area is 123 Å². The third-order valence-electron chi connectivity index (χ3n) is 2.85. The normalized spacial score (nSPS) is 10.2. The maximum atomic E-state index is 12.3. The minimum absolute atomic E-state index is 0.427. The van der Waals surface area contributed by atoms with Gasteiger partial charge in [0.25, 0.3) is 5.91 Å². The molecule has 0 aromatic heterocycles. The van der Waals surface area contributed by atoms with Crippen molar-refractivity contribution in [3.05, 3.63) is 66.2 Å². The number of nitrogens with one attached hydrogen (secondary N) is 1. The smallest absolute Gasteiger partial charge is 0.272 e. The molecular weight excluding hydrogens is 266 g/mol. The SMILES string of the molecule is CN(C)N(C(=O)NC(=O)c1ccccc1)c1ccccc1. The third-order valence-corrected chi connectivity index (χ3v) is 2.85. The molecule has 0 saturated carbocycles. The van der Waals surface area contributed by atoms with Gasteiger partial charge in [-0.3, -0.25) is 10.1 Å². The maximum Gasteiger partial charge on any atom is 0.343 e. The van der Waals surface area contributed by atoms with Crippen LogP contribution in [-0.2, 0) is 0 Å². The largest absolute Gasteiger partial charge is 0.343 e. The van der Waals surface area contributed by atoms with Gasteiger partial charge in [0.15, 0.2) is 0 Å². The first-order valence-electron chi connectivity index (χ1n) is 6.52. The molecule has 2 aromatic rings. The summed E-state index contributed by atoms with van der Waals surface area (Å²) in [5, 5.41) is 5.39. The van der Waals surface area contributed by atoms with Gasteiger partial charge in [0.05, 0.1) is 5.69 Å². The lowest BCUT2D eigenvalue weighted by molar-refractivity contribution is 0.0963. The highest BCUT2D eigenvalue weighted by atomic mass is 16.2. The minimum Gasteiger partial charge on any atom is -0.272 e. The molecule has 108 valence electrons. The quantitative estimate of drug-likeness (QED) is 0.881. The van der Waals surface area contributed by atoms with Crippen LogP contribution in [0.15, 0.2) is 60.7 Å². The van der Waals surface area contributed by atoms with Gasteiger partial charge in [0.1, 0.15) is 0 Å². The van der Waals surface area contributed by atoms with Gasteiger partial charge in [-0.2, -0.15) is 0 Å². The number of carbonyl (C=O) groups is 2. The molecule has 0 aliphatic heterocycles. The summed E-state index contributed by atoms with van der Waals surface area (Å²) < 4.78 is 0. The summed E-state index contributed by atoms with van der Waals surface area (Å²) in [4.78, 5) is 24.4. The molecule has 3 amide bonds. The molecule has 1 N–H and O–H groups in total. The molecule has 0 unspecified atom stereocenters. The molecule has 5 nitrogen and oxygen atoms in total. The molecule has 0 radical (unpaired) electrons. The van der Waals surface area contributed by atoms with Crippen LogP contribution in [0, 0.1) is 0 Å². The minimum atomic E-state index is -0.500. The first kappa shape index (κ1) is 14.7. The van der Waals surface area contributed by atoms with E-state index in [1.807, 2.05) is 24.3 Å². The number of amides is 3. The Kier molecular flexibility index (Phi) is 4.68. The Morgan fingerprint density at radius 1 is 0.857 bits per heavy atom. The first-order chi connectivity index (χ1) is 10.1. The van der Waals surface area contributed by atoms with Crippen molar-refractivity contribution in [1.82, 2.24) is 10.3 Å². The molecule has 0 aliphatic carbocycles. The molecule has 0 spiro atoms. The highest BCUT2D eigenvalue weighted by Gasteiger charge is 2.20. The Balaban J connectivity index is 2.15. The molecule has 2 aromatic carbocycles. The molecule has 0 bridgehead atoms. The van der Waals surface area contributed by atoms with Crippen LogP contribution in [0.25, 0.3) is 0 Å². The number of urea groups is 1. The van der Waals surface area contributed by atoms with E-state index in [1.165, 1.54) is 5.01 Å². The molecule has 0 heterocycles. The van der Waals surface area contributed by atoms with Crippen molar-refractivity contribution >= 4 is 17.6 Å². The van der Waals surface area contributed by atoms with Gasteiger partial charge in [-0.15, -0.1) is 0 Å². The van der Waals surface area contributed by atoms with E-state index in [1.54, 1.807) is 55.5 Å². The van der Waals surface area contributed by atoms with E-state index in [0.717, 1.165) is 0 Å². The van der Waals surface area contributed by atoms with Crippen LogP contribution < -0.4 is 10.3 Å². The molecule has 0 saturated heterocycles. The number of benzene rings is 2. The van der Waals surface area contributed by atoms with E-state index in [0.29, 0.717) is 11.3 Å². The van der Waals surface area contributed by atoms with Crippen LogP contribution in [0.4, 0.5) is 10.5 Å². The fraction of sp³-hybridized carbons (Fsp3) is 0.125. The molecule has 0 atom stereocenters. The van der Waals surface area contributed by atoms with E-state index >= 15 is 0 Å². The fourth-order valence-corrected chi connectivity index (χ4v) is 1.91. The van der Waals surface area contributed by atoms with E-state index in [9.17, 15) is 9.59 Å². The highest BCUT2D eigenvalue weighted by Crippen LogP contribution is 2.14. The summed E-state index contributed by atoms with van der Waals surface area (Å²) in [6.07, 6.45) is 0. The van der Waals surface area contributed by atoms with Crippen molar-refractivity contribution < 1.29 is 9.59 Å². The summed E-state index contributed by atoms with van der Waals surface area (Å²) >= 11 is 0. The van der Waals surface area contributed by atoms with E-state index in [2.05, 4.69) is 5.32 Å². The number of hydrazine groups is 1. The second kappa shape index (κ2) is 6.67. The van der Waals surface area contributed by atoms with Crippen molar-refractivity contribution in [1.29, 1.82) is 0 Å². The highest BCUT2D eigenvalue weighted by molar-refractivity contribution is 6.08. The van der Waals surface area contributed by atoms with Crippen LogP contribution in [0.2, 0.25) is 0 Å². The standard InChI is InChI=1S/C16H17N3O2/c1-18(2)19(14-11-7-4-8-12-14)16(21)17-15(20)13-9-5-3-6-10-13/h3-12H,1-2H3,(H,17,20,21). The van der Waals surface area contributed by atoms with Crippen molar-refractivity contribution in [3.8, 4) is 0 Å². The van der Waals surface area contributed by atoms with Crippen LogP contribution in [0.3, 0.4) is 0 Å². The number of imide groups is 1. The predicted octanol–water partition coefficient (Wildman–Crippen LogP) is 2.52. The van der Waals surface area contributed by atoms with Crippen LogP contribution >= 0.6 is 0 Å². The van der Waals surface area contributed by atoms with E-state index in [4.69, 9.17) is 0 Å². The summed E-state index contributed by atoms with van der Waals surface area (Å²) in [6, 6.07) is 17.3. The van der Waals surface area contributed by atoms with Crippen LogP contribution in [0.5, 0.6) is 0 Å². The lowest BCUT2D eigenvalue weighted by Crippen LogP contribution is -2.49. The van der Waals surface area contributed by atoms with Crippen molar-refractivity contribution in [3.63, 3.8) is 0 Å². The Hall–Kier alpha value is -2.66. The number of hydrogen-bond donors (Lipinski definition) is 1. The Morgan fingerprint density at radius 3 is 1.90 bits per heavy atom. The molecule has 0 fully saturated rings. The molecular formula is C16H17N3O2. The van der Waals surface area contributed by atoms with E-state index in [-0.39, 0.29) is 0 Å². The second-order valence-electron chi connectivity index (χ2n) is 4.62. The number of anilines is 1. The summed E-state index contributed by atoms with van der Waals surface area (Å²) in [6.45, 7) is 0. The van der Waals surface area contributed by atoms with Gasteiger partial charge < -0.3 is 0 Å². The molecule has 0 aliphatic rings. The third kappa shape index (κ3) is 3.67. The number of para-hydroxylation sites is 1. The summed E-state index contributed by atoms with van der Waals surface area (Å²) in [5.74, 6) is -0.427. The van der Waals surface area contributed by atoms with Gasteiger partial charge in [-0.25, -0.2) is 14.8 Å². The molecule has 5 heteroatoms. The van der Waals surface area contributed by atoms with Gasteiger partial charge in [-0.1, -0.05) is 36.4 Å². The zero-order valence-corrected chi connectivity index (χ0v) is 12.0. The average molecular weight is 283 g/mol. The zero-order valence-electron chi connectivity index (χ0n) is 12.0. The molecule has 2 rings (SSSR count). The van der Waals surface area contributed by atoms with Crippen LogP contribution in [0.1, 0.15) is 10.4 Å². The average Bonchev–Trinajstić information content (AvgIpc) is 2.49. The Morgan fingerprint density at radius 2 is 1.38 bits per heavy atom. The summed E-state index contributed by atoms with van der Waals surface area (Å²) in [5.41, 5.74) is 1.12. The zero-order chi connectivity index (χ0) is 15.2. The van der Waals surface area contributed by atoms with Gasteiger partial charge in [0.2, 0.25) is 0 Å². The predicted molar refractivity (Wildman–Crippen MR) is 81.9 cm³/mol. The first-order valence-corrected chi connectivity index (χ1v) is 6.52. The Bertz CT molecular complexity index is 612. The van der Waals surface area contributed by atoms with Gasteiger partial charge in [-0.05, 0) is 24.3 Å². The molecule has 21 heavy (non-hydrogen) atoms. The van der Waals surface area contributed by atoms with Crippen molar-refractivity contribution in [2.24, 2.45) is 0 Å². The number of rotatable bonds is 3. The fourth-order valence-electron chi connectivity index (χ4n) is 1.91. The van der Waals surface area contributed by atoms with Gasteiger partial charge in [0, 0.05) is 19.7 Å². The second-order valence-corrected chi connectivity index (χ2v) is 4.62. The summed E-state index contributed by atoms with van der Waals surface area (Å²) in [7, 11) is 3.47. The lowest BCUT2D eigenvalue weighted by Gasteiger charge is -2.28. The topological polar surface area (TPSA) is 52.6 Å².